The second-order valence-corrected chi connectivity index (χ2v) is 19.6. The fourth-order valence-corrected chi connectivity index (χ4v) is 11.7. The SMILES string of the molecule is CCn1c(-c2nc3cc(C(=O)N4CCC5CCNC5C4)ccc3n2C)cc2cccnc21.COc1cc(C(=O)N2CCC3CCNC3C2)cc2nc(-c3cc4cncnc4n3CC3CC3)n(C)c12. The van der Waals surface area contributed by atoms with Crippen LogP contribution < -0.4 is 15.4 Å². The molecule has 4 aliphatic heterocycles. The summed E-state index contributed by atoms with van der Waals surface area (Å²) < 4.78 is 14.4. The Labute approximate surface area is 394 Å². The van der Waals surface area contributed by atoms with Crippen molar-refractivity contribution < 1.29 is 14.3 Å². The number of rotatable bonds is 8. The van der Waals surface area contributed by atoms with Crippen molar-refractivity contribution in [3.63, 3.8) is 0 Å². The predicted molar refractivity (Wildman–Crippen MR) is 262 cm³/mol. The van der Waals surface area contributed by atoms with Crippen LogP contribution in [0.5, 0.6) is 5.75 Å². The smallest absolute Gasteiger partial charge is 0.254 e. The molecule has 16 nitrogen and oxygen atoms in total. The van der Waals surface area contributed by atoms with E-state index in [1.54, 1.807) is 13.4 Å². The third-order valence-electron chi connectivity index (χ3n) is 15.6. The summed E-state index contributed by atoms with van der Waals surface area (Å²) in [5.74, 6) is 4.64. The van der Waals surface area contributed by atoms with Gasteiger partial charge in [-0.1, -0.05) is 0 Å². The second kappa shape index (κ2) is 17.1. The number of hydrogen-bond donors (Lipinski definition) is 2. The fourth-order valence-electron chi connectivity index (χ4n) is 11.7. The van der Waals surface area contributed by atoms with Crippen LogP contribution in [-0.4, -0.2) is 123 Å². The van der Waals surface area contributed by atoms with Gasteiger partial charge < -0.3 is 43.4 Å². The van der Waals surface area contributed by atoms with Crippen molar-refractivity contribution in [2.75, 3.05) is 46.4 Å². The molecule has 1 saturated carbocycles. The van der Waals surface area contributed by atoms with Gasteiger partial charge in [-0.25, -0.2) is 24.9 Å². The number of nitrogens with zero attached hydrogens (tertiary/aromatic N) is 11. The molecule has 16 heteroatoms. The van der Waals surface area contributed by atoms with Gasteiger partial charge in [-0.2, -0.15) is 0 Å². The summed E-state index contributed by atoms with van der Waals surface area (Å²) in [7, 11) is 5.70. The molecular formula is C52H59N13O3. The van der Waals surface area contributed by atoms with E-state index >= 15 is 0 Å². The van der Waals surface area contributed by atoms with Gasteiger partial charge in [0.1, 0.15) is 28.9 Å². The van der Waals surface area contributed by atoms with Crippen LogP contribution in [0, 0.1) is 17.8 Å². The highest BCUT2D eigenvalue weighted by Gasteiger charge is 2.36. The number of aromatic nitrogens is 9. The number of aryl methyl sites for hydroxylation is 3. The Bertz CT molecular complexity index is 3250. The number of carbonyl (C=O) groups is 2. The minimum absolute atomic E-state index is 0.0488. The molecule has 10 heterocycles. The van der Waals surface area contributed by atoms with Crippen molar-refractivity contribution in [1.82, 2.24) is 63.6 Å². The lowest BCUT2D eigenvalue weighted by Gasteiger charge is -2.35. The van der Waals surface area contributed by atoms with Gasteiger partial charge in [0.2, 0.25) is 0 Å². The van der Waals surface area contributed by atoms with Crippen LogP contribution in [0.25, 0.3) is 67.2 Å². The first kappa shape index (κ1) is 42.7. The Morgan fingerprint density at radius 3 is 2.10 bits per heavy atom. The highest BCUT2D eigenvalue weighted by Crippen LogP contribution is 2.38. The molecule has 2 N–H and O–H groups in total. The summed E-state index contributed by atoms with van der Waals surface area (Å²) >= 11 is 0. The highest BCUT2D eigenvalue weighted by atomic mass is 16.5. The van der Waals surface area contributed by atoms with Gasteiger partial charge in [0.25, 0.3) is 11.8 Å². The number of methoxy groups -OCH3 is 1. The maximum Gasteiger partial charge on any atom is 0.254 e. The molecule has 4 atom stereocenters. The average Bonchev–Trinajstić information content (AvgIpc) is 3.92. The third kappa shape index (κ3) is 7.39. The lowest BCUT2D eigenvalue weighted by Crippen LogP contribution is -2.48. The van der Waals surface area contributed by atoms with Crippen LogP contribution in [0.3, 0.4) is 0 Å². The van der Waals surface area contributed by atoms with Gasteiger partial charge in [0.15, 0.2) is 11.6 Å². The first-order chi connectivity index (χ1) is 33.2. The van der Waals surface area contributed by atoms with Gasteiger partial charge in [-0.3, -0.25) is 9.59 Å². The van der Waals surface area contributed by atoms with Crippen LogP contribution in [0.1, 0.15) is 66.2 Å². The topological polar surface area (TPSA) is 158 Å². The van der Waals surface area contributed by atoms with E-state index in [0.717, 1.165) is 144 Å². The van der Waals surface area contributed by atoms with E-state index in [0.29, 0.717) is 35.2 Å². The molecule has 350 valence electrons. The molecule has 0 bridgehead atoms. The van der Waals surface area contributed by atoms with Crippen molar-refractivity contribution in [2.45, 2.75) is 70.6 Å². The van der Waals surface area contributed by atoms with E-state index < -0.39 is 0 Å². The number of likely N-dealkylation sites (tertiary alicyclic amines) is 2. The summed E-state index contributed by atoms with van der Waals surface area (Å²) in [6.45, 7) is 9.20. The van der Waals surface area contributed by atoms with Gasteiger partial charge >= 0.3 is 0 Å². The predicted octanol–water partition coefficient (Wildman–Crippen LogP) is 6.66. The van der Waals surface area contributed by atoms with Crippen LogP contribution >= 0.6 is 0 Å². The summed E-state index contributed by atoms with van der Waals surface area (Å²) in [6.07, 6.45) is 12.4. The second-order valence-electron chi connectivity index (χ2n) is 19.6. The number of imidazole rings is 2. The zero-order chi connectivity index (χ0) is 46.2. The average molecular weight is 914 g/mol. The molecule has 0 radical (unpaired) electrons. The van der Waals surface area contributed by atoms with E-state index in [2.05, 4.69) is 69.0 Å². The first-order valence-electron chi connectivity index (χ1n) is 24.5. The van der Waals surface area contributed by atoms with E-state index in [9.17, 15) is 9.59 Å². The zero-order valence-electron chi connectivity index (χ0n) is 39.4. The Hall–Kier alpha value is -6.65. The van der Waals surface area contributed by atoms with E-state index in [-0.39, 0.29) is 11.8 Å². The summed E-state index contributed by atoms with van der Waals surface area (Å²) in [6, 6.07) is 18.9. The van der Waals surface area contributed by atoms with Gasteiger partial charge in [0.05, 0.1) is 35.0 Å². The summed E-state index contributed by atoms with van der Waals surface area (Å²) in [5.41, 5.74) is 8.83. The Balaban J connectivity index is 0.000000142. The molecule has 6 aromatic heterocycles. The fraction of sp³-hybridized carbons (Fsp3) is 0.442. The summed E-state index contributed by atoms with van der Waals surface area (Å²) in [5, 5.41) is 9.24. The molecule has 5 aliphatic rings. The van der Waals surface area contributed by atoms with Crippen LogP contribution in [0.15, 0.2) is 73.3 Å². The highest BCUT2D eigenvalue weighted by molar-refractivity contribution is 6.01. The number of ether oxygens (including phenoxy) is 1. The molecule has 5 fully saturated rings. The monoisotopic (exact) mass is 913 g/mol. The van der Waals surface area contributed by atoms with E-state index in [1.165, 1.54) is 25.7 Å². The van der Waals surface area contributed by atoms with Crippen LogP contribution in [0.2, 0.25) is 0 Å². The largest absolute Gasteiger partial charge is 0.494 e. The standard InChI is InChI=1S/C27H31N7O2.C25H28N6O/c1-32-24-20(31-26(32)22-10-19-12-28-15-30-25(19)34(22)13-16-3-4-16)9-18(11-23(24)36-2)27(35)33-8-6-17-5-7-29-21(17)14-33;1-3-31-22(14-17-5-4-10-27-23(17)31)24-28-19-13-18(6-7-21(19)29(24)2)25(32)30-12-9-16-8-11-26-20(16)15-30/h9-12,15-17,21,29H,3-8,13-14H2,1-2H3;4-7,10,13-14,16,20,26H,3,8-9,11-12,15H2,1-2H3. The Kier molecular flexibility index (Phi) is 10.8. The van der Waals surface area contributed by atoms with Gasteiger partial charge in [-0.15, -0.1) is 0 Å². The lowest BCUT2D eigenvalue weighted by atomic mass is 9.92. The van der Waals surface area contributed by atoms with Crippen molar-refractivity contribution in [1.29, 1.82) is 0 Å². The van der Waals surface area contributed by atoms with Crippen molar-refractivity contribution in [3.8, 4) is 28.8 Å². The van der Waals surface area contributed by atoms with Crippen LogP contribution in [-0.2, 0) is 27.2 Å². The number of amides is 2. The minimum Gasteiger partial charge on any atom is -0.494 e. The Morgan fingerprint density at radius 2 is 1.38 bits per heavy atom. The molecular weight excluding hydrogens is 855 g/mol. The summed E-state index contributed by atoms with van der Waals surface area (Å²) in [4.78, 5) is 54.2. The number of carbonyl (C=O) groups excluding carboxylic acids is 2. The maximum atomic E-state index is 13.6. The van der Waals surface area contributed by atoms with E-state index in [1.807, 2.05) is 72.7 Å². The molecule has 4 unspecified atom stereocenters. The Morgan fingerprint density at radius 1 is 0.721 bits per heavy atom. The van der Waals surface area contributed by atoms with Crippen LogP contribution in [0.4, 0.5) is 0 Å². The number of benzene rings is 2. The maximum absolute atomic E-state index is 13.6. The lowest BCUT2D eigenvalue weighted by molar-refractivity contribution is 0.0662. The molecule has 2 aromatic carbocycles. The molecule has 2 amide bonds. The molecule has 4 saturated heterocycles. The van der Waals surface area contributed by atoms with Crippen molar-refractivity contribution in [3.05, 3.63) is 84.4 Å². The zero-order valence-corrected chi connectivity index (χ0v) is 39.4. The molecule has 1 aliphatic carbocycles. The van der Waals surface area contributed by atoms with Gasteiger partial charge in [-0.05, 0) is 131 Å². The van der Waals surface area contributed by atoms with Crippen molar-refractivity contribution in [2.24, 2.45) is 31.8 Å². The quantitative estimate of drug-likeness (QED) is 0.169. The number of piperidine rings is 2. The number of fused-ring (bicyclic) bond motifs is 6. The first-order valence-corrected chi connectivity index (χ1v) is 24.5. The minimum atomic E-state index is 0.0488. The third-order valence-corrected chi connectivity index (χ3v) is 15.6. The number of nitrogens with one attached hydrogen (secondary N) is 2. The molecule has 68 heavy (non-hydrogen) atoms. The number of hydrogen-bond acceptors (Lipinski definition) is 10. The normalized spacial score (nSPS) is 21.4. The van der Waals surface area contributed by atoms with E-state index in [4.69, 9.17) is 14.7 Å². The van der Waals surface area contributed by atoms with Crippen molar-refractivity contribution >= 4 is 55.9 Å². The molecule has 13 rings (SSSR count). The molecule has 0 spiro atoms. The van der Waals surface area contributed by atoms with Gasteiger partial charge in [0, 0.05) is 99.7 Å². The molecule has 8 aromatic rings. The number of pyridine rings is 1.